The molecular formula is C43H67F3N4O2. The summed E-state index contributed by atoms with van der Waals surface area (Å²) in [5.41, 5.74) is 10.1. The monoisotopic (exact) mass is 729 g/mol. The molecule has 9 heteroatoms. The van der Waals surface area contributed by atoms with Gasteiger partial charge in [-0.15, -0.1) is 0 Å². The van der Waals surface area contributed by atoms with Crippen molar-refractivity contribution in [1.29, 1.82) is 5.26 Å². The molecule has 3 N–H and O–H groups in total. The molecule has 1 rings (SSSR count). The van der Waals surface area contributed by atoms with Crippen molar-refractivity contribution >= 4 is 23.0 Å². The Bertz CT molecular complexity index is 1390. The quantitative estimate of drug-likeness (QED) is 0.0718. The summed E-state index contributed by atoms with van der Waals surface area (Å²) in [6, 6.07) is 7.91. The number of nitrogens with zero attached hydrogens (tertiary/aromatic N) is 2. The molecule has 6 nitrogen and oxygen atoms in total. The third-order valence-corrected chi connectivity index (χ3v) is 7.56. The van der Waals surface area contributed by atoms with Crippen LogP contribution in [-0.2, 0) is 11.2 Å². The Morgan fingerprint density at radius 3 is 2.02 bits per heavy atom. The highest BCUT2D eigenvalue weighted by molar-refractivity contribution is 6.07. The van der Waals surface area contributed by atoms with Crippen molar-refractivity contribution < 1.29 is 22.8 Å². The molecule has 1 atom stereocenters. The number of allylic oxidation sites excluding steroid dienone is 8. The molecule has 292 valence electrons. The molecule has 1 aromatic rings. The van der Waals surface area contributed by atoms with Crippen LogP contribution in [0.15, 0.2) is 82.6 Å². The lowest BCUT2D eigenvalue weighted by molar-refractivity contribution is -0.117. The summed E-state index contributed by atoms with van der Waals surface area (Å²) in [6.07, 6.45) is 12.9. The number of rotatable bonds is 17. The summed E-state index contributed by atoms with van der Waals surface area (Å²) in [6.45, 7) is 24.4. The van der Waals surface area contributed by atoms with Crippen molar-refractivity contribution in [2.45, 2.75) is 146 Å². The van der Waals surface area contributed by atoms with Crippen LogP contribution < -0.4 is 11.1 Å². The topological polar surface area (TPSA) is 108 Å². The number of nitrogens with one attached hydrogen (secondary N) is 1. The molecule has 0 aliphatic carbocycles. The van der Waals surface area contributed by atoms with Gasteiger partial charge in [0.05, 0.1) is 19.0 Å². The number of aryl methyl sites for hydroxylation is 1. The van der Waals surface area contributed by atoms with E-state index >= 15 is 0 Å². The van der Waals surface area contributed by atoms with E-state index in [0.717, 1.165) is 53.8 Å². The van der Waals surface area contributed by atoms with Gasteiger partial charge >= 0.3 is 6.18 Å². The second-order valence-electron chi connectivity index (χ2n) is 12.2. The van der Waals surface area contributed by atoms with Gasteiger partial charge in [0, 0.05) is 35.0 Å². The van der Waals surface area contributed by atoms with E-state index in [2.05, 4.69) is 44.6 Å². The van der Waals surface area contributed by atoms with E-state index in [0.29, 0.717) is 18.0 Å². The highest BCUT2D eigenvalue weighted by Gasteiger charge is 2.37. The molecule has 0 spiro atoms. The second-order valence-corrected chi connectivity index (χ2v) is 12.2. The highest BCUT2D eigenvalue weighted by atomic mass is 19.4. The number of hydrogen-bond donors (Lipinski definition) is 2. The zero-order valence-electron chi connectivity index (χ0n) is 33.9. The largest absolute Gasteiger partial charge is 0.433 e. The van der Waals surface area contributed by atoms with Crippen molar-refractivity contribution in [3.63, 3.8) is 0 Å². The Morgan fingerprint density at radius 1 is 1.02 bits per heavy atom. The Hall–Kier alpha value is -4.03. The van der Waals surface area contributed by atoms with Crippen molar-refractivity contribution in [2.24, 2.45) is 10.7 Å². The van der Waals surface area contributed by atoms with E-state index in [9.17, 15) is 22.8 Å². The minimum Gasteiger partial charge on any atom is -0.355 e. The van der Waals surface area contributed by atoms with E-state index in [1.54, 1.807) is 39.8 Å². The number of benzene rings is 1. The third kappa shape index (κ3) is 25.8. The zero-order chi connectivity index (χ0) is 40.7. The van der Waals surface area contributed by atoms with Crippen molar-refractivity contribution in [3.05, 3.63) is 88.7 Å². The summed E-state index contributed by atoms with van der Waals surface area (Å²) >= 11 is 0. The molecule has 0 aliphatic rings. The van der Waals surface area contributed by atoms with Gasteiger partial charge in [0.25, 0.3) is 0 Å². The average Bonchev–Trinajstić information content (AvgIpc) is 3.09. The SMILES string of the molecule is C/C=C(C(=NCCC#N)C(F)(F)F)/C(C)=C/C.C=C(C)/C(=C\C=C/C)Nc1ccc(C(C)=O)c(CC)c1.CCC(N)CCCC(C)=O.CCCCC. The molecule has 1 unspecified atom stereocenters. The molecule has 0 fully saturated rings. The van der Waals surface area contributed by atoms with Crippen molar-refractivity contribution in [1.82, 2.24) is 0 Å². The maximum atomic E-state index is 12.8. The number of nitrogens with two attached hydrogens (primary N) is 1. The summed E-state index contributed by atoms with van der Waals surface area (Å²) in [7, 11) is 0. The lowest BCUT2D eigenvalue weighted by Gasteiger charge is -2.14. The fourth-order valence-corrected chi connectivity index (χ4v) is 4.37. The lowest BCUT2D eigenvalue weighted by atomic mass is 10.0. The van der Waals surface area contributed by atoms with Crippen LogP contribution in [0.1, 0.15) is 143 Å². The number of carbonyl (C=O) groups excluding carboxylic acids is 2. The normalized spacial score (nSPS) is 12.7. The number of nitriles is 1. The Labute approximate surface area is 314 Å². The zero-order valence-corrected chi connectivity index (χ0v) is 33.9. The molecule has 52 heavy (non-hydrogen) atoms. The molecule has 0 radical (unpaired) electrons. The summed E-state index contributed by atoms with van der Waals surface area (Å²) in [4.78, 5) is 25.5. The van der Waals surface area contributed by atoms with Crippen LogP contribution >= 0.6 is 0 Å². The van der Waals surface area contributed by atoms with Crippen LogP contribution in [0.4, 0.5) is 18.9 Å². The summed E-state index contributed by atoms with van der Waals surface area (Å²) in [5, 5.41) is 11.7. The first-order chi connectivity index (χ1) is 24.4. The number of hydrogen-bond acceptors (Lipinski definition) is 6. The molecule has 0 saturated carbocycles. The van der Waals surface area contributed by atoms with Gasteiger partial charge in [-0.05, 0) is 115 Å². The maximum absolute atomic E-state index is 12.8. The number of alkyl halides is 3. The number of halogens is 3. The fraction of sp³-hybridized carbons (Fsp3) is 0.535. The van der Waals surface area contributed by atoms with Crippen LogP contribution in [0.2, 0.25) is 0 Å². The summed E-state index contributed by atoms with van der Waals surface area (Å²) < 4.78 is 38.4. The molecule has 0 heterocycles. The van der Waals surface area contributed by atoms with Gasteiger partial charge in [0.2, 0.25) is 0 Å². The van der Waals surface area contributed by atoms with Crippen LogP contribution in [-0.4, -0.2) is 36.0 Å². The predicted octanol–water partition coefficient (Wildman–Crippen LogP) is 12.4. The highest BCUT2D eigenvalue weighted by Crippen LogP contribution is 2.26. The van der Waals surface area contributed by atoms with Crippen LogP contribution in [0.25, 0.3) is 0 Å². The Kier molecular flexibility index (Phi) is 31.9. The van der Waals surface area contributed by atoms with Crippen molar-refractivity contribution in [2.75, 3.05) is 11.9 Å². The van der Waals surface area contributed by atoms with Gasteiger partial charge in [-0.25, -0.2) is 0 Å². The molecule has 0 aliphatic heterocycles. The van der Waals surface area contributed by atoms with E-state index in [1.165, 1.54) is 32.3 Å². The van der Waals surface area contributed by atoms with Crippen LogP contribution in [0.3, 0.4) is 0 Å². The lowest BCUT2D eigenvalue weighted by Crippen LogP contribution is -2.26. The first-order valence-electron chi connectivity index (χ1n) is 18.4. The number of aliphatic imine (C=N–C) groups is 1. The van der Waals surface area contributed by atoms with Gasteiger partial charge in [-0.1, -0.05) is 77.8 Å². The number of anilines is 1. The first kappa shape index (κ1) is 52.3. The molecule has 0 aromatic heterocycles. The number of unbranched alkanes of at least 4 members (excludes halogenated alkanes) is 2. The minimum absolute atomic E-state index is 0.0224. The smallest absolute Gasteiger partial charge is 0.355 e. The third-order valence-electron chi connectivity index (χ3n) is 7.56. The first-order valence-corrected chi connectivity index (χ1v) is 18.4. The molecule has 0 bridgehead atoms. The van der Waals surface area contributed by atoms with Crippen molar-refractivity contribution in [3.8, 4) is 6.07 Å². The number of Topliss-reactive ketones (excluding diaryl/α,β-unsaturated/α-hetero) is 2. The van der Waals surface area contributed by atoms with Gasteiger partial charge < -0.3 is 15.8 Å². The van der Waals surface area contributed by atoms with Gasteiger partial charge in [-0.2, -0.15) is 18.4 Å². The number of carbonyl (C=O) groups is 2. The predicted molar refractivity (Wildman–Crippen MR) is 217 cm³/mol. The molecule has 0 amide bonds. The molecule has 0 saturated heterocycles. The Balaban J connectivity index is -0.000000677. The van der Waals surface area contributed by atoms with Gasteiger partial charge in [-0.3, -0.25) is 9.79 Å². The number of ketones is 2. The molecular weight excluding hydrogens is 661 g/mol. The fourth-order valence-electron chi connectivity index (χ4n) is 4.37. The van der Waals surface area contributed by atoms with E-state index in [1.807, 2.05) is 50.3 Å². The standard InChI is InChI=1S/C18H23NO.C12H15F3N2.C8H17NO.C5H12/c1-6-8-9-18(13(3)4)19-16-10-11-17(14(5)20)15(7-2)12-16;1-4-9(3)10(5-2)11(12(13,14)15)17-8-6-7-16;1-3-8(9)6-4-5-7(2)10;1-3-5-4-2/h6,8-12,19H,3,7H2,1-2,4-5H3;4-5H,6,8H2,1-3H3;8H,3-6,9H2,1-2H3;3-5H2,1-2H3/b8-6-,18-9+;9-4+,10-5-,17-11?;;. The van der Waals surface area contributed by atoms with Gasteiger partial charge in [0.1, 0.15) is 11.5 Å². The van der Waals surface area contributed by atoms with E-state index in [-0.39, 0.29) is 30.1 Å². The van der Waals surface area contributed by atoms with E-state index < -0.39 is 11.9 Å². The Morgan fingerprint density at radius 2 is 1.63 bits per heavy atom. The van der Waals surface area contributed by atoms with Crippen LogP contribution in [0, 0.1) is 11.3 Å². The average molecular weight is 729 g/mol. The minimum atomic E-state index is -4.50. The molecule has 1 aromatic carbocycles. The van der Waals surface area contributed by atoms with Gasteiger partial charge in [0.15, 0.2) is 5.78 Å². The second kappa shape index (κ2) is 31.7. The maximum Gasteiger partial charge on any atom is 0.433 e. The van der Waals surface area contributed by atoms with E-state index in [4.69, 9.17) is 11.0 Å². The van der Waals surface area contributed by atoms with Crippen LogP contribution in [0.5, 0.6) is 0 Å². The summed E-state index contributed by atoms with van der Waals surface area (Å²) in [5.74, 6) is 0.376.